The fourth-order valence-corrected chi connectivity index (χ4v) is 9.09. The van der Waals surface area contributed by atoms with Crippen molar-refractivity contribution in [1.82, 2.24) is 0 Å². The number of benzene rings is 1. The lowest BCUT2D eigenvalue weighted by Crippen LogP contribution is -2.45. The van der Waals surface area contributed by atoms with Crippen LogP contribution in [-0.4, -0.2) is 45.0 Å². The molecule has 0 radical (unpaired) electrons. The lowest BCUT2D eigenvalue weighted by Gasteiger charge is -2.53. The highest BCUT2D eigenvalue weighted by atomic mass is 32.2. The summed E-state index contributed by atoms with van der Waals surface area (Å²) in [4.78, 5) is 0. The van der Waals surface area contributed by atoms with Crippen LogP contribution in [0.2, 0.25) is 0 Å². The van der Waals surface area contributed by atoms with Crippen LogP contribution < -0.4 is 0 Å². The Morgan fingerprint density at radius 3 is 2.26 bits per heavy atom. The molecule has 2 saturated carbocycles. The zero-order valence-electron chi connectivity index (χ0n) is 24.6. The molecule has 7 atom stereocenters. The predicted molar refractivity (Wildman–Crippen MR) is 158 cm³/mol. The topological polar surface area (TPSA) is 60.7 Å². The minimum absolute atomic E-state index is 0.0696. The average Bonchev–Trinajstić information content (AvgIpc) is 3.16. The zero-order chi connectivity index (χ0) is 30.7. The maximum Gasteiger partial charge on any atom is 0.453 e. The number of thioether (sulfide) groups is 1. The van der Waals surface area contributed by atoms with E-state index < -0.39 is 30.7 Å². The number of aromatic hydroxyl groups is 1. The van der Waals surface area contributed by atoms with Gasteiger partial charge in [0.2, 0.25) is 0 Å². The summed E-state index contributed by atoms with van der Waals surface area (Å²) in [6, 6.07) is 5.43. The molecule has 0 bridgehead atoms. The van der Waals surface area contributed by atoms with Gasteiger partial charge in [0.1, 0.15) is 5.75 Å². The van der Waals surface area contributed by atoms with Crippen LogP contribution in [0.25, 0.3) is 0 Å². The van der Waals surface area contributed by atoms with E-state index in [4.69, 9.17) is 0 Å². The Hall–Kier alpha value is -1.32. The summed E-state index contributed by atoms with van der Waals surface area (Å²) in [6.45, 7) is 6.51. The van der Waals surface area contributed by atoms with Gasteiger partial charge >= 0.3 is 12.1 Å². The standard InChI is InChI=1S/C33H47F5O3S/c1-21-28(40)20-27-29-24(14-16-31(21,27)2)23-13-12-22(39)19-26(23)30(41)25(29)11-8-6-4-3-5-7-9-17-42-18-10-15-32(34,35)33(36,37)38/h12-13,19,24-25,27-30,39-41H,1,3-11,14-18,20H2,2H3/t24?,25?,27?,28-,29?,30+,31-/m1/s1. The van der Waals surface area contributed by atoms with E-state index in [1.807, 2.05) is 6.07 Å². The molecule has 4 rings (SSSR count). The van der Waals surface area contributed by atoms with Crippen molar-refractivity contribution in [3.8, 4) is 5.75 Å². The number of unbranched alkanes of at least 4 members (excludes halogenated alkanes) is 6. The highest BCUT2D eigenvalue weighted by molar-refractivity contribution is 7.99. The largest absolute Gasteiger partial charge is 0.508 e. The van der Waals surface area contributed by atoms with Crippen molar-refractivity contribution < 1.29 is 37.3 Å². The van der Waals surface area contributed by atoms with Crippen LogP contribution in [0.4, 0.5) is 22.0 Å². The number of rotatable bonds is 14. The number of phenols is 1. The van der Waals surface area contributed by atoms with Crippen molar-refractivity contribution in [3.05, 3.63) is 41.5 Å². The number of hydrogen-bond donors (Lipinski definition) is 3. The lowest BCUT2D eigenvalue weighted by atomic mass is 9.51. The molecule has 0 spiro atoms. The SMILES string of the molecule is C=C1[C@H](O)CC2C3C(CC[C@]12C)c1ccc(O)cc1[C@@H](O)C3CCCCCCCCCSCCCC(F)(F)C(F)(F)F. The molecule has 0 amide bonds. The van der Waals surface area contributed by atoms with E-state index in [0.717, 1.165) is 86.7 Å². The molecule has 0 aromatic heterocycles. The van der Waals surface area contributed by atoms with Gasteiger partial charge in [0.25, 0.3) is 0 Å². The van der Waals surface area contributed by atoms with Crippen LogP contribution in [0.1, 0.15) is 114 Å². The molecule has 42 heavy (non-hydrogen) atoms. The van der Waals surface area contributed by atoms with Crippen LogP contribution >= 0.6 is 11.8 Å². The molecule has 3 nitrogen and oxygen atoms in total. The maximum atomic E-state index is 12.9. The summed E-state index contributed by atoms with van der Waals surface area (Å²) in [5.74, 6) is -2.40. The molecule has 3 aliphatic rings. The lowest BCUT2D eigenvalue weighted by molar-refractivity contribution is -0.284. The molecule has 238 valence electrons. The van der Waals surface area contributed by atoms with Crippen LogP contribution in [-0.2, 0) is 0 Å². The van der Waals surface area contributed by atoms with Gasteiger partial charge in [0.15, 0.2) is 0 Å². The zero-order valence-corrected chi connectivity index (χ0v) is 25.5. The molecular formula is C33H47F5O3S. The van der Waals surface area contributed by atoms with Crippen molar-refractivity contribution in [1.29, 1.82) is 0 Å². The Morgan fingerprint density at radius 1 is 0.929 bits per heavy atom. The van der Waals surface area contributed by atoms with Crippen LogP contribution in [0.5, 0.6) is 5.75 Å². The van der Waals surface area contributed by atoms with E-state index in [9.17, 15) is 37.3 Å². The quantitative estimate of drug-likeness (QED) is 0.110. The highest BCUT2D eigenvalue weighted by Gasteiger charge is 2.58. The molecule has 2 fully saturated rings. The number of aliphatic hydroxyl groups excluding tert-OH is 2. The second-order valence-corrected chi connectivity index (χ2v) is 14.4. The van der Waals surface area contributed by atoms with E-state index in [0.29, 0.717) is 18.1 Å². The number of phenolic OH excluding ortho intramolecular Hbond substituents is 1. The minimum atomic E-state index is -5.46. The third-order valence-electron chi connectivity index (χ3n) is 10.5. The Bertz CT molecular complexity index is 1060. The molecular weight excluding hydrogens is 571 g/mol. The van der Waals surface area contributed by atoms with Gasteiger partial charge in [-0.25, -0.2) is 0 Å². The highest BCUT2D eigenvalue weighted by Crippen LogP contribution is 2.65. The van der Waals surface area contributed by atoms with E-state index in [1.54, 1.807) is 12.1 Å². The second kappa shape index (κ2) is 13.8. The third kappa shape index (κ3) is 7.14. The van der Waals surface area contributed by atoms with Crippen LogP contribution in [0.15, 0.2) is 30.4 Å². The molecule has 3 N–H and O–H groups in total. The Morgan fingerprint density at radius 2 is 1.57 bits per heavy atom. The predicted octanol–water partition coefficient (Wildman–Crippen LogP) is 9.32. The summed E-state index contributed by atoms with van der Waals surface area (Å²) in [5, 5.41) is 32.5. The van der Waals surface area contributed by atoms with Crippen molar-refractivity contribution in [3.63, 3.8) is 0 Å². The van der Waals surface area contributed by atoms with Gasteiger partial charge in [-0.15, -0.1) is 0 Å². The summed E-state index contributed by atoms with van der Waals surface area (Å²) in [5.41, 5.74) is 2.83. The molecule has 0 saturated heterocycles. The first-order valence-electron chi connectivity index (χ1n) is 15.7. The van der Waals surface area contributed by atoms with E-state index in [1.165, 1.54) is 11.8 Å². The minimum Gasteiger partial charge on any atom is -0.508 e. The number of halogens is 5. The first kappa shape index (κ1) is 33.6. The van der Waals surface area contributed by atoms with Gasteiger partial charge < -0.3 is 15.3 Å². The van der Waals surface area contributed by atoms with Gasteiger partial charge in [-0.3, -0.25) is 0 Å². The maximum absolute atomic E-state index is 12.9. The third-order valence-corrected chi connectivity index (χ3v) is 11.7. The fourth-order valence-electron chi connectivity index (χ4n) is 8.13. The van der Waals surface area contributed by atoms with Gasteiger partial charge in [-0.1, -0.05) is 58.1 Å². The molecule has 1 aromatic rings. The Labute approximate surface area is 251 Å². The van der Waals surface area contributed by atoms with Crippen molar-refractivity contribution >= 4 is 11.8 Å². The molecule has 3 aliphatic carbocycles. The summed E-state index contributed by atoms with van der Waals surface area (Å²) >= 11 is 1.44. The number of hydrogen-bond acceptors (Lipinski definition) is 4. The summed E-state index contributed by atoms with van der Waals surface area (Å²) in [7, 11) is 0. The Balaban J connectivity index is 1.19. The number of aliphatic hydroxyl groups is 2. The molecule has 1 aromatic carbocycles. The van der Waals surface area contributed by atoms with Crippen LogP contribution in [0.3, 0.4) is 0 Å². The van der Waals surface area contributed by atoms with Crippen molar-refractivity contribution in [2.24, 2.45) is 23.2 Å². The van der Waals surface area contributed by atoms with E-state index in [-0.39, 0.29) is 35.3 Å². The summed E-state index contributed by atoms with van der Waals surface area (Å²) in [6.07, 6.45) is 2.95. The van der Waals surface area contributed by atoms with Crippen LogP contribution in [0, 0.1) is 23.2 Å². The van der Waals surface area contributed by atoms with Gasteiger partial charge in [-0.2, -0.15) is 33.7 Å². The van der Waals surface area contributed by atoms with E-state index in [2.05, 4.69) is 13.5 Å². The van der Waals surface area contributed by atoms with Crippen molar-refractivity contribution in [2.45, 2.75) is 121 Å². The first-order valence-corrected chi connectivity index (χ1v) is 16.8. The second-order valence-electron chi connectivity index (χ2n) is 13.1. The smallest absolute Gasteiger partial charge is 0.453 e. The molecule has 0 heterocycles. The van der Waals surface area contributed by atoms with Gasteiger partial charge in [0.05, 0.1) is 12.2 Å². The molecule has 4 unspecified atom stereocenters. The Kier molecular flexibility index (Phi) is 11.0. The van der Waals surface area contributed by atoms with Gasteiger partial charge in [0, 0.05) is 6.42 Å². The van der Waals surface area contributed by atoms with Crippen molar-refractivity contribution in [2.75, 3.05) is 11.5 Å². The van der Waals surface area contributed by atoms with E-state index >= 15 is 0 Å². The first-order chi connectivity index (χ1) is 19.8. The fraction of sp³-hybridized carbons (Fsp3) is 0.758. The number of alkyl halides is 5. The number of fused-ring (bicyclic) bond motifs is 5. The normalized spacial score (nSPS) is 31.1. The molecule has 9 heteroatoms. The molecule has 0 aliphatic heterocycles. The summed E-state index contributed by atoms with van der Waals surface area (Å²) < 4.78 is 62.5. The average molecular weight is 619 g/mol. The monoisotopic (exact) mass is 618 g/mol. The van der Waals surface area contributed by atoms with Gasteiger partial charge in [-0.05, 0) is 108 Å².